The number of nitrogens with one attached hydrogen (secondary N) is 2. The van der Waals surface area contributed by atoms with Crippen molar-refractivity contribution < 1.29 is 9.18 Å². The van der Waals surface area contributed by atoms with Gasteiger partial charge in [-0.2, -0.15) is 0 Å². The number of amides is 2. The molecule has 0 heterocycles. The Morgan fingerprint density at radius 1 is 1.04 bits per heavy atom. The van der Waals surface area contributed by atoms with E-state index in [9.17, 15) is 9.18 Å². The molecule has 2 aromatic carbocycles. The summed E-state index contributed by atoms with van der Waals surface area (Å²) in [6.07, 6.45) is 4.01. The van der Waals surface area contributed by atoms with Crippen LogP contribution >= 0.6 is 0 Å². The number of anilines is 1. The van der Waals surface area contributed by atoms with Gasteiger partial charge in [-0.05, 0) is 54.7 Å². The number of carbonyl (C=O) groups excluding carboxylic acids is 1. The molecule has 23 heavy (non-hydrogen) atoms. The van der Waals surface area contributed by atoms with E-state index in [0.29, 0.717) is 13.0 Å². The number of carbonyl (C=O) groups is 1. The summed E-state index contributed by atoms with van der Waals surface area (Å²) in [6, 6.07) is 14.1. The third kappa shape index (κ3) is 6.10. The Balaban J connectivity index is 1.74. The highest BCUT2D eigenvalue weighted by Gasteiger charge is 2.02. The lowest BCUT2D eigenvalue weighted by molar-refractivity contribution is 0.252. The van der Waals surface area contributed by atoms with E-state index in [1.165, 1.54) is 30.5 Å². The van der Waals surface area contributed by atoms with Crippen LogP contribution in [0.4, 0.5) is 14.9 Å². The quantitative estimate of drug-likeness (QED) is 0.774. The number of unbranched alkanes of at least 4 members (excludes halogenated alkanes) is 1. The van der Waals surface area contributed by atoms with Crippen LogP contribution < -0.4 is 10.6 Å². The molecule has 0 aromatic heterocycles. The molecule has 0 bridgehead atoms. The van der Waals surface area contributed by atoms with E-state index in [-0.39, 0.29) is 11.8 Å². The van der Waals surface area contributed by atoms with Gasteiger partial charge in [0.25, 0.3) is 0 Å². The Morgan fingerprint density at radius 2 is 1.83 bits per heavy atom. The fourth-order valence-corrected chi connectivity index (χ4v) is 2.32. The first-order valence-corrected chi connectivity index (χ1v) is 8.05. The van der Waals surface area contributed by atoms with Crippen LogP contribution in [0.2, 0.25) is 0 Å². The van der Waals surface area contributed by atoms with Crippen LogP contribution in [-0.2, 0) is 12.8 Å². The van der Waals surface area contributed by atoms with Gasteiger partial charge in [-0.3, -0.25) is 0 Å². The average Bonchev–Trinajstić information content (AvgIpc) is 2.54. The number of hydrogen-bond donors (Lipinski definition) is 2. The maximum atomic E-state index is 13.1. The molecule has 0 saturated carbocycles. The lowest BCUT2D eigenvalue weighted by atomic mass is 10.1. The van der Waals surface area contributed by atoms with Crippen molar-refractivity contribution in [3.63, 3.8) is 0 Å². The van der Waals surface area contributed by atoms with E-state index in [4.69, 9.17) is 0 Å². The molecule has 122 valence electrons. The van der Waals surface area contributed by atoms with E-state index >= 15 is 0 Å². The van der Waals surface area contributed by atoms with E-state index in [2.05, 4.69) is 17.6 Å². The van der Waals surface area contributed by atoms with E-state index in [1.54, 1.807) is 6.07 Å². The molecule has 2 aromatic rings. The van der Waals surface area contributed by atoms with Crippen molar-refractivity contribution in [1.82, 2.24) is 5.32 Å². The van der Waals surface area contributed by atoms with Crippen LogP contribution in [0.5, 0.6) is 0 Å². The van der Waals surface area contributed by atoms with Crippen LogP contribution in [-0.4, -0.2) is 12.6 Å². The molecule has 4 heteroatoms. The van der Waals surface area contributed by atoms with Gasteiger partial charge in [0.2, 0.25) is 0 Å². The molecule has 3 nitrogen and oxygen atoms in total. The van der Waals surface area contributed by atoms with Crippen molar-refractivity contribution in [1.29, 1.82) is 0 Å². The number of hydrogen-bond acceptors (Lipinski definition) is 1. The van der Waals surface area contributed by atoms with Gasteiger partial charge < -0.3 is 10.6 Å². The molecular formula is C19H23FN2O. The summed E-state index contributed by atoms with van der Waals surface area (Å²) in [4.78, 5) is 11.8. The third-order valence-corrected chi connectivity index (χ3v) is 3.62. The van der Waals surface area contributed by atoms with Crippen molar-refractivity contribution in [2.24, 2.45) is 0 Å². The summed E-state index contributed by atoms with van der Waals surface area (Å²) >= 11 is 0. The van der Waals surface area contributed by atoms with Gasteiger partial charge in [-0.25, -0.2) is 9.18 Å². The van der Waals surface area contributed by atoms with E-state index in [1.807, 2.05) is 30.3 Å². The van der Waals surface area contributed by atoms with Crippen LogP contribution in [0.3, 0.4) is 0 Å². The molecule has 2 N–H and O–H groups in total. The van der Waals surface area contributed by atoms with Crippen molar-refractivity contribution >= 4 is 11.7 Å². The summed E-state index contributed by atoms with van der Waals surface area (Å²) in [6.45, 7) is 2.63. The van der Waals surface area contributed by atoms with E-state index in [0.717, 1.165) is 17.7 Å². The molecule has 0 fully saturated rings. The number of urea groups is 1. The summed E-state index contributed by atoms with van der Waals surface area (Å²) < 4.78 is 13.1. The Morgan fingerprint density at radius 3 is 2.52 bits per heavy atom. The number of rotatable bonds is 7. The summed E-state index contributed by atoms with van der Waals surface area (Å²) in [5.41, 5.74) is 2.92. The largest absolute Gasteiger partial charge is 0.338 e. The second-order valence-electron chi connectivity index (χ2n) is 5.56. The van der Waals surface area contributed by atoms with Crippen LogP contribution in [0.1, 0.15) is 30.9 Å². The number of aryl methyl sites for hydroxylation is 1. The Hall–Kier alpha value is -2.36. The van der Waals surface area contributed by atoms with Crippen molar-refractivity contribution in [3.05, 3.63) is 65.5 Å². The van der Waals surface area contributed by atoms with Gasteiger partial charge in [0, 0.05) is 12.2 Å². The number of halogens is 1. The van der Waals surface area contributed by atoms with Gasteiger partial charge in [0.15, 0.2) is 0 Å². The zero-order valence-corrected chi connectivity index (χ0v) is 13.4. The van der Waals surface area contributed by atoms with Crippen molar-refractivity contribution in [2.75, 3.05) is 11.9 Å². The van der Waals surface area contributed by atoms with Gasteiger partial charge in [0.1, 0.15) is 5.82 Å². The molecule has 0 saturated heterocycles. The molecule has 0 aliphatic rings. The lowest BCUT2D eigenvalue weighted by Crippen LogP contribution is -2.30. The molecule has 0 spiro atoms. The Kier molecular flexibility index (Phi) is 6.60. The highest BCUT2D eigenvalue weighted by atomic mass is 19.1. The molecule has 0 unspecified atom stereocenters. The highest BCUT2D eigenvalue weighted by molar-refractivity contribution is 5.89. The summed E-state index contributed by atoms with van der Waals surface area (Å²) in [5, 5.41) is 5.57. The maximum Gasteiger partial charge on any atom is 0.319 e. The predicted molar refractivity (Wildman–Crippen MR) is 92.2 cm³/mol. The number of benzene rings is 2. The van der Waals surface area contributed by atoms with Crippen LogP contribution in [0.25, 0.3) is 0 Å². The first-order valence-electron chi connectivity index (χ1n) is 8.05. The SMILES string of the molecule is CCCCc1ccc(NC(=O)NCCc2cccc(F)c2)cc1. The zero-order valence-electron chi connectivity index (χ0n) is 13.4. The van der Waals surface area contributed by atoms with Crippen LogP contribution in [0.15, 0.2) is 48.5 Å². The van der Waals surface area contributed by atoms with E-state index < -0.39 is 0 Å². The van der Waals surface area contributed by atoms with Crippen molar-refractivity contribution in [3.8, 4) is 0 Å². The highest BCUT2D eigenvalue weighted by Crippen LogP contribution is 2.11. The first-order chi connectivity index (χ1) is 11.2. The molecule has 2 rings (SSSR count). The molecular weight excluding hydrogens is 291 g/mol. The van der Waals surface area contributed by atoms with Gasteiger partial charge in [-0.15, -0.1) is 0 Å². The molecule has 0 radical (unpaired) electrons. The monoisotopic (exact) mass is 314 g/mol. The smallest absolute Gasteiger partial charge is 0.319 e. The van der Waals surface area contributed by atoms with Crippen molar-refractivity contribution in [2.45, 2.75) is 32.6 Å². The fraction of sp³-hybridized carbons (Fsp3) is 0.316. The molecule has 0 aliphatic carbocycles. The molecule has 2 amide bonds. The third-order valence-electron chi connectivity index (χ3n) is 3.62. The topological polar surface area (TPSA) is 41.1 Å². The summed E-state index contributed by atoms with van der Waals surface area (Å²) in [5.74, 6) is -0.255. The minimum atomic E-state index is -0.255. The minimum absolute atomic E-state index is 0.247. The minimum Gasteiger partial charge on any atom is -0.338 e. The predicted octanol–water partition coefficient (Wildman–Crippen LogP) is 4.53. The second-order valence-corrected chi connectivity index (χ2v) is 5.56. The Bertz CT molecular complexity index is 626. The Labute approximate surface area is 136 Å². The van der Waals surface area contributed by atoms with Gasteiger partial charge in [-0.1, -0.05) is 37.6 Å². The summed E-state index contributed by atoms with van der Waals surface area (Å²) in [7, 11) is 0. The molecule has 0 aliphatic heterocycles. The maximum absolute atomic E-state index is 13.1. The lowest BCUT2D eigenvalue weighted by Gasteiger charge is -2.08. The van der Waals surface area contributed by atoms with Crippen LogP contribution in [0, 0.1) is 5.82 Å². The second kappa shape index (κ2) is 8.93. The average molecular weight is 314 g/mol. The fourth-order valence-electron chi connectivity index (χ4n) is 2.32. The first kappa shape index (κ1) is 17.0. The molecule has 0 atom stereocenters. The standard InChI is InChI=1S/C19H23FN2O/c1-2-3-5-15-8-10-18(11-9-15)22-19(23)21-13-12-16-6-4-7-17(20)14-16/h4,6-11,14H,2-3,5,12-13H2,1H3,(H2,21,22,23). The van der Waals surface area contributed by atoms with Gasteiger partial charge >= 0.3 is 6.03 Å². The zero-order chi connectivity index (χ0) is 16.5. The van der Waals surface area contributed by atoms with Gasteiger partial charge in [0.05, 0.1) is 0 Å². The normalized spacial score (nSPS) is 10.3.